The molecule has 4 aromatic rings. The average Bonchev–Trinajstić information content (AvgIpc) is 3.53. The number of hydrogen-bond acceptors (Lipinski definition) is 6. The highest BCUT2D eigenvalue weighted by atomic mass is 16.5. The molecule has 2 aromatic heterocycles. The number of anilines is 1. The predicted octanol–water partition coefficient (Wildman–Crippen LogP) is 5.13. The van der Waals surface area contributed by atoms with E-state index >= 15 is 0 Å². The highest BCUT2D eigenvalue weighted by molar-refractivity contribution is 6.51. The van der Waals surface area contributed by atoms with E-state index in [-0.39, 0.29) is 17.3 Å². The number of aryl methyl sites for hydroxylation is 1. The number of Topliss-reactive ketones (excluding diaryl/α,β-unsaturated/α-hetero) is 1. The predicted molar refractivity (Wildman–Crippen MR) is 131 cm³/mol. The first-order valence-electron chi connectivity index (χ1n) is 11.4. The minimum Gasteiger partial charge on any atom is -0.507 e. The lowest BCUT2D eigenvalue weighted by atomic mass is 9.99. The quantitative estimate of drug-likeness (QED) is 0.229. The van der Waals surface area contributed by atoms with Crippen molar-refractivity contribution in [1.82, 2.24) is 9.97 Å². The fourth-order valence-corrected chi connectivity index (χ4v) is 4.10. The van der Waals surface area contributed by atoms with Gasteiger partial charge in [0, 0.05) is 5.56 Å². The molecule has 5 rings (SSSR count). The van der Waals surface area contributed by atoms with E-state index in [4.69, 9.17) is 9.15 Å². The molecule has 0 aliphatic carbocycles. The minimum absolute atomic E-state index is 0.0688. The van der Waals surface area contributed by atoms with Gasteiger partial charge in [-0.25, -0.2) is 4.98 Å². The zero-order valence-electron chi connectivity index (χ0n) is 19.6. The molecular formula is C27H25N3O5. The number of carbonyl (C=O) groups excluding carboxylic acids is 2. The van der Waals surface area contributed by atoms with Gasteiger partial charge in [0.05, 0.1) is 23.2 Å². The Bertz CT molecular complexity index is 1410. The number of H-pyrrole nitrogens is 1. The number of furan rings is 1. The summed E-state index contributed by atoms with van der Waals surface area (Å²) in [6, 6.07) is 16.5. The van der Waals surface area contributed by atoms with Gasteiger partial charge < -0.3 is 19.2 Å². The molecule has 2 N–H and O–H groups in total. The molecule has 1 saturated heterocycles. The number of rotatable bonds is 6. The van der Waals surface area contributed by atoms with Crippen LogP contribution in [-0.2, 0) is 9.59 Å². The van der Waals surface area contributed by atoms with Gasteiger partial charge >= 0.3 is 5.91 Å². The van der Waals surface area contributed by atoms with Crippen molar-refractivity contribution in [3.05, 3.63) is 83.3 Å². The van der Waals surface area contributed by atoms with Crippen LogP contribution in [0.1, 0.15) is 37.0 Å². The normalized spacial score (nSPS) is 17.6. The monoisotopic (exact) mass is 471 g/mol. The molecule has 0 bridgehead atoms. The van der Waals surface area contributed by atoms with E-state index in [0.29, 0.717) is 40.9 Å². The lowest BCUT2D eigenvalue weighted by Gasteiger charge is -2.20. The molecule has 8 heteroatoms. The molecular weight excluding hydrogens is 446 g/mol. The minimum atomic E-state index is -0.985. The number of hydrogen-bond donors (Lipinski definition) is 2. The fourth-order valence-electron chi connectivity index (χ4n) is 4.10. The third kappa shape index (κ3) is 4.07. The Hall–Kier alpha value is -4.33. The highest BCUT2D eigenvalue weighted by Crippen LogP contribution is 2.42. The van der Waals surface area contributed by atoms with Crippen molar-refractivity contribution in [1.29, 1.82) is 0 Å². The smallest absolute Gasteiger partial charge is 0.302 e. The van der Waals surface area contributed by atoms with Gasteiger partial charge in [-0.2, -0.15) is 0 Å². The van der Waals surface area contributed by atoms with Crippen LogP contribution in [0.15, 0.2) is 70.7 Å². The Morgan fingerprint density at radius 2 is 1.86 bits per heavy atom. The third-order valence-electron chi connectivity index (χ3n) is 5.79. The molecule has 8 nitrogen and oxygen atoms in total. The number of aromatic amines is 1. The maximum Gasteiger partial charge on any atom is 0.302 e. The van der Waals surface area contributed by atoms with E-state index in [1.54, 1.807) is 49.4 Å². The third-order valence-corrected chi connectivity index (χ3v) is 5.79. The molecule has 1 atom stereocenters. The largest absolute Gasteiger partial charge is 0.507 e. The SMILES string of the molecule is Cc1ccc(C2/C(=C(\O)c3ccc(OCC(C)C)cc3)C(=O)C(=O)N2c2nc3ccccc3[nH]2)o1. The van der Waals surface area contributed by atoms with E-state index in [1.807, 2.05) is 18.2 Å². The van der Waals surface area contributed by atoms with Crippen LogP contribution in [0.25, 0.3) is 16.8 Å². The first-order chi connectivity index (χ1) is 16.8. The Labute approximate surface area is 201 Å². The van der Waals surface area contributed by atoms with Crippen molar-refractivity contribution < 1.29 is 23.8 Å². The standard InChI is InChI=1S/C27H25N3O5/c1-15(2)14-34-18-11-9-17(10-12-18)24(31)22-23(21-13-8-16(3)35-21)30(26(33)25(22)32)27-28-19-6-4-5-7-20(19)29-27/h4-13,15,23,31H,14H2,1-3H3,(H,28,29)/b24-22+. The van der Waals surface area contributed by atoms with Crippen LogP contribution in [0.4, 0.5) is 5.95 Å². The fraction of sp³-hybridized carbons (Fsp3) is 0.222. The van der Waals surface area contributed by atoms with E-state index < -0.39 is 17.7 Å². The molecule has 1 fully saturated rings. The number of aliphatic hydroxyl groups is 1. The summed E-state index contributed by atoms with van der Waals surface area (Å²) < 4.78 is 11.5. The van der Waals surface area contributed by atoms with Crippen molar-refractivity contribution in [3.63, 3.8) is 0 Å². The molecule has 2 aromatic carbocycles. The number of ether oxygens (including phenoxy) is 1. The summed E-state index contributed by atoms with van der Waals surface area (Å²) in [5, 5.41) is 11.2. The second-order valence-corrected chi connectivity index (χ2v) is 8.92. The van der Waals surface area contributed by atoms with Gasteiger partial charge in [0.25, 0.3) is 5.78 Å². The number of para-hydroxylation sites is 2. The van der Waals surface area contributed by atoms with E-state index in [2.05, 4.69) is 23.8 Å². The number of amides is 1. The zero-order valence-corrected chi connectivity index (χ0v) is 19.6. The van der Waals surface area contributed by atoms with Gasteiger partial charge in [-0.1, -0.05) is 26.0 Å². The summed E-state index contributed by atoms with van der Waals surface area (Å²) in [5.74, 6) is 0.261. The van der Waals surface area contributed by atoms with Gasteiger partial charge in [0.2, 0.25) is 5.95 Å². The molecule has 178 valence electrons. The number of nitrogens with zero attached hydrogens (tertiary/aromatic N) is 2. The molecule has 1 amide bonds. The van der Waals surface area contributed by atoms with Crippen LogP contribution < -0.4 is 9.64 Å². The number of fused-ring (bicyclic) bond motifs is 1. The second-order valence-electron chi connectivity index (χ2n) is 8.92. The molecule has 3 heterocycles. The topological polar surface area (TPSA) is 109 Å². The molecule has 0 radical (unpaired) electrons. The van der Waals surface area contributed by atoms with Crippen LogP contribution in [0, 0.1) is 12.8 Å². The molecule has 1 aliphatic heterocycles. The van der Waals surface area contributed by atoms with E-state index in [9.17, 15) is 14.7 Å². The first kappa shape index (κ1) is 22.5. The highest BCUT2D eigenvalue weighted by Gasteiger charge is 2.49. The van der Waals surface area contributed by atoms with Crippen LogP contribution in [-0.4, -0.2) is 33.4 Å². The van der Waals surface area contributed by atoms with Gasteiger partial charge in [-0.15, -0.1) is 0 Å². The van der Waals surface area contributed by atoms with Crippen LogP contribution in [0.2, 0.25) is 0 Å². The first-order valence-corrected chi connectivity index (χ1v) is 11.4. The Morgan fingerprint density at radius 3 is 2.51 bits per heavy atom. The van der Waals surface area contributed by atoms with Crippen molar-refractivity contribution in [3.8, 4) is 5.75 Å². The summed E-state index contributed by atoms with van der Waals surface area (Å²) in [7, 11) is 0. The van der Waals surface area contributed by atoms with Gasteiger partial charge in [0.1, 0.15) is 29.1 Å². The van der Waals surface area contributed by atoms with Crippen LogP contribution >= 0.6 is 0 Å². The van der Waals surface area contributed by atoms with Crippen molar-refractivity contribution in [2.45, 2.75) is 26.8 Å². The van der Waals surface area contributed by atoms with Crippen molar-refractivity contribution in [2.24, 2.45) is 5.92 Å². The summed E-state index contributed by atoms with van der Waals surface area (Å²) in [6.07, 6.45) is 0. The number of carbonyl (C=O) groups is 2. The Balaban J connectivity index is 1.60. The number of benzene rings is 2. The summed E-state index contributed by atoms with van der Waals surface area (Å²) in [6.45, 7) is 6.44. The van der Waals surface area contributed by atoms with E-state index in [1.165, 1.54) is 4.90 Å². The lowest BCUT2D eigenvalue weighted by molar-refractivity contribution is -0.132. The van der Waals surface area contributed by atoms with Crippen LogP contribution in [0.5, 0.6) is 5.75 Å². The van der Waals surface area contributed by atoms with Crippen molar-refractivity contribution >= 4 is 34.4 Å². The maximum absolute atomic E-state index is 13.2. The molecule has 35 heavy (non-hydrogen) atoms. The number of imidazole rings is 1. The van der Waals surface area contributed by atoms with Gasteiger partial charge in [0.15, 0.2) is 0 Å². The zero-order chi connectivity index (χ0) is 24.7. The molecule has 0 saturated carbocycles. The molecule has 1 aliphatic rings. The second kappa shape index (κ2) is 8.79. The lowest BCUT2D eigenvalue weighted by Crippen LogP contribution is -2.30. The van der Waals surface area contributed by atoms with E-state index in [0.717, 1.165) is 5.52 Å². The molecule has 0 spiro atoms. The number of aliphatic hydroxyl groups excluding tert-OH is 1. The molecule has 1 unspecified atom stereocenters. The van der Waals surface area contributed by atoms with Gasteiger partial charge in [-0.05, 0) is 61.4 Å². The maximum atomic E-state index is 13.2. The average molecular weight is 472 g/mol. The summed E-state index contributed by atoms with van der Waals surface area (Å²) >= 11 is 0. The number of nitrogens with one attached hydrogen (secondary N) is 1. The van der Waals surface area contributed by atoms with Crippen LogP contribution in [0.3, 0.4) is 0 Å². The van der Waals surface area contributed by atoms with Gasteiger partial charge in [-0.3, -0.25) is 14.5 Å². The Morgan fingerprint density at radius 1 is 1.11 bits per heavy atom. The number of aromatic nitrogens is 2. The Kier molecular flexibility index (Phi) is 5.64. The number of ketones is 1. The summed E-state index contributed by atoms with van der Waals surface area (Å²) in [4.78, 5) is 35.3. The summed E-state index contributed by atoms with van der Waals surface area (Å²) in [5.41, 5.74) is 1.69. The van der Waals surface area contributed by atoms with Crippen molar-refractivity contribution in [2.75, 3.05) is 11.5 Å².